The zero-order valence-corrected chi connectivity index (χ0v) is 11.3. The molecule has 0 unspecified atom stereocenters. The van der Waals surface area contributed by atoms with Gasteiger partial charge in [0.15, 0.2) is 5.84 Å². The van der Waals surface area contributed by atoms with Gasteiger partial charge in [0.1, 0.15) is 11.6 Å². The van der Waals surface area contributed by atoms with Crippen molar-refractivity contribution in [3.63, 3.8) is 0 Å². The topological polar surface area (TPSA) is 64.7 Å². The minimum absolute atomic E-state index is 0.166. The summed E-state index contributed by atoms with van der Waals surface area (Å²) < 4.78 is 26.2. The summed E-state index contributed by atoms with van der Waals surface area (Å²) in [6, 6.07) is 8.65. The molecule has 0 bridgehead atoms. The van der Waals surface area contributed by atoms with Gasteiger partial charge >= 0.3 is 5.97 Å². The Morgan fingerprint density at radius 3 is 2.43 bits per heavy atom. The number of rotatable bonds is 3. The van der Waals surface area contributed by atoms with E-state index in [1.807, 2.05) is 0 Å². The number of carbonyl (C=O) groups excluding carboxylic acids is 1. The highest BCUT2D eigenvalue weighted by atomic mass is 35.5. The molecule has 0 aliphatic rings. The van der Waals surface area contributed by atoms with Crippen LogP contribution in [0.15, 0.2) is 47.6 Å². The summed E-state index contributed by atoms with van der Waals surface area (Å²) in [6.07, 6.45) is 0. The van der Waals surface area contributed by atoms with E-state index >= 15 is 0 Å². The van der Waals surface area contributed by atoms with Gasteiger partial charge in [-0.05, 0) is 36.4 Å². The Hall–Kier alpha value is -2.47. The maximum atomic E-state index is 13.4. The van der Waals surface area contributed by atoms with E-state index in [2.05, 4.69) is 9.99 Å². The van der Waals surface area contributed by atoms with Crippen molar-refractivity contribution in [1.29, 1.82) is 0 Å². The SMILES string of the molecule is NC(=NOC(=O)c1ccc(Cl)cc1)c1ccc(F)cc1F. The lowest BCUT2D eigenvalue weighted by atomic mass is 10.2. The Labute approximate surface area is 123 Å². The molecule has 0 aliphatic heterocycles. The lowest BCUT2D eigenvalue weighted by Gasteiger charge is -2.03. The molecule has 0 saturated carbocycles. The van der Waals surface area contributed by atoms with Crippen molar-refractivity contribution < 1.29 is 18.4 Å². The third-order valence-electron chi connectivity index (χ3n) is 2.51. The zero-order valence-electron chi connectivity index (χ0n) is 10.5. The van der Waals surface area contributed by atoms with E-state index in [1.54, 1.807) is 0 Å². The Morgan fingerprint density at radius 1 is 1.14 bits per heavy atom. The molecule has 108 valence electrons. The molecule has 2 rings (SSSR count). The molecule has 0 radical (unpaired) electrons. The fourth-order valence-electron chi connectivity index (χ4n) is 1.48. The van der Waals surface area contributed by atoms with E-state index in [1.165, 1.54) is 24.3 Å². The smallest absolute Gasteiger partial charge is 0.365 e. The summed E-state index contributed by atoms with van der Waals surface area (Å²) >= 11 is 5.68. The summed E-state index contributed by atoms with van der Waals surface area (Å²) in [6.45, 7) is 0. The molecule has 0 aromatic heterocycles. The average molecular weight is 311 g/mol. The van der Waals surface area contributed by atoms with Gasteiger partial charge in [0.25, 0.3) is 0 Å². The summed E-state index contributed by atoms with van der Waals surface area (Å²) in [4.78, 5) is 16.2. The molecule has 7 heteroatoms. The van der Waals surface area contributed by atoms with Crippen LogP contribution in [0.4, 0.5) is 8.78 Å². The summed E-state index contributed by atoms with van der Waals surface area (Å²) in [5.74, 6) is -2.81. The van der Waals surface area contributed by atoms with E-state index in [0.29, 0.717) is 11.1 Å². The van der Waals surface area contributed by atoms with Crippen LogP contribution < -0.4 is 5.73 Å². The van der Waals surface area contributed by atoms with E-state index in [-0.39, 0.29) is 17.0 Å². The number of halogens is 3. The van der Waals surface area contributed by atoms with Crippen molar-refractivity contribution in [2.45, 2.75) is 0 Å². The molecule has 2 N–H and O–H groups in total. The quantitative estimate of drug-likeness (QED) is 0.410. The van der Waals surface area contributed by atoms with Crippen LogP contribution in [0.2, 0.25) is 5.02 Å². The van der Waals surface area contributed by atoms with Crippen molar-refractivity contribution in [2.24, 2.45) is 10.9 Å². The highest BCUT2D eigenvalue weighted by Crippen LogP contribution is 2.12. The molecule has 0 heterocycles. The van der Waals surface area contributed by atoms with Crippen LogP contribution >= 0.6 is 11.6 Å². The van der Waals surface area contributed by atoms with Gasteiger partial charge in [0.05, 0.1) is 11.1 Å². The predicted molar refractivity (Wildman–Crippen MR) is 73.9 cm³/mol. The fraction of sp³-hybridized carbons (Fsp3) is 0. The molecule has 21 heavy (non-hydrogen) atoms. The largest absolute Gasteiger partial charge is 0.380 e. The number of hydrogen-bond acceptors (Lipinski definition) is 3. The van der Waals surface area contributed by atoms with Crippen LogP contribution in [0.25, 0.3) is 0 Å². The van der Waals surface area contributed by atoms with Crippen molar-refractivity contribution in [3.05, 3.63) is 70.2 Å². The molecule has 2 aromatic rings. The second kappa shape index (κ2) is 6.32. The Morgan fingerprint density at radius 2 is 1.81 bits per heavy atom. The lowest BCUT2D eigenvalue weighted by molar-refractivity contribution is 0.0516. The second-order valence-electron chi connectivity index (χ2n) is 3.99. The Balaban J connectivity index is 2.12. The summed E-state index contributed by atoms with van der Waals surface area (Å²) in [5.41, 5.74) is 5.52. The maximum absolute atomic E-state index is 13.4. The van der Waals surface area contributed by atoms with Crippen molar-refractivity contribution in [3.8, 4) is 0 Å². The Bertz CT molecular complexity index is 703. The van der Waals surface area contributed by atoms with Gasteiger partial charge in [-0.15, -0.1) is 0 Å². The van der Waals surface area contributed by atoms with Crippen LogP contribution in [-0.4, -0.2) is 11.8 Å². The number of oxime groups is 1. The van der Waals surface area contributed by atoms with Crippen LogP contribution in [0.3, 0.4) is 0 Å². The van der Waals surface area contributed by atoms with Gasteiger partial charge in [-0.25, -0.2) is 13.6 Å². The highest BCUT2D eigenvalue weighted by molar-refractivity contribution is 6.30. The number of nitrogens with zero attached hydrogens (tertiary/aromatic N) is 1. The number of benzene rings is 2. The van der Waals surface area contributed by atoms with E-state index in [4.69, 9.17) is 17.3 Å². The fourth-order valence-corrected chi connectivity index (χ4v) is 1.60. The van der Waals surface area contributed by atoms with Gasteiger partial charge in [0, 0.05) is 11.1 Å². The molecule has 0 atom stereocenters. The molecule has 0 spiro atoms. The third kappa shape index (κ3) is 3.76. The van der Waals surface area contributed by atoms with Gasteiger partial charge < -0.3 is 10.6 Å². The summed E-state index contributed by atoms with van der Waals surface area (Å²) in [7, 11) is 0. The van der Waals surface area contributed by atoms with Crippen LogP contribution in [-0.2, 0) is 4.84 Å². The molecule has 0 amide bonds. The normalized spacial score (nSPS) is 11.3. The Kier molecular flexibility index (Phi) is 4.49. The molecule has 0 aliphatic carbocycles. The first-order valence-corrected chi connectivity index (χ1v) is 6.11. The second-order valence-corrected chi connectivity index (χ2v) is 4.42. The van der Waals surface area contributed by atoms with Crippen LogP contribution in [0.5, 0.6) is 0 Å². The summed E-state index contributed by atoms with van der Waals surface area (Å²) in [5, 5.41) is 3.79. The number of carbonyl (C=O) groups is 1. The minimum atomic E-state index is -0.904. The maximum Gasteiger partial charge on any atom is 0.365 e. The standard InChI is InChI=1S/C14H9ClF2N2O2/c15-9-3-1-8(2-4-9)14(20)21-19-13(18)11-6-5-10(16)7-12(11)17/h1-7H,(H2,18,19). The van der Waals surface area contributed by atoms with Gasteiger partial charge in [-0.2, -0.15) is 0 Å². The average Bonchev–Trinajstić information content (AvgIpc) is 2.45. The van der Waals surface area contributed by atoms with Crippen LogP contribution in [0.1, 0.15) is 15.9 Å². The van der Waals surface area contributed by atoms with E-state index in [0.717, 1.165) is 12.1 Å². The first-order valence-electron chi connectivity index (χ1n) is 5.73. The van der Waals surface area contributed by atoms with E-state index in [9.17, 15) is 13.6 Å². The van der Waals surface area contributed by atoms with Gasteiger partial charge in [-0.3, -0.25) is 0 Å². The monoisotopic (exact) mass is 310 g/mol. The highest BCUT2D eigenvalue weighted by Gasteiger charge is 2.11. The molecule has 4 nitrogen and oxygen atoms in total. The number of hydrogen-bond donors (Lipinski definition) is 1. The first kappa shape index (κ1) is 14.9. The molecule has 2 aromatic carbocycles. The predicted octanol–water partition coefficient (Wildman–Crippen LogP) is 3.10. The molecular weight excluding hydrogens is 302 g/mol. The minimum Gasteiger partial charge on any atom is -0.380 e. The number of nitrogens with two attached hydrogens (primary N) is 1. The van der Waals surface area contributed by atoms with Crippen molar-refractivity contribution in [2.75, 3.05) is 0 Å². The molecule has 0 fully saturated rings. The first-order chi connectivity index (χ1) is 9.97. The molecule has 0 saturated heterocycles. The third-order valence-corrected chi connectivity index (χ3v) is 2.77. The molecular formula is C14H9ClF2N2O2. The van der Waals surface area contributed by atoms with Crippen LogP contribution in [0, 0.1) is 11.6 Å². The van der Waals surface area contributed by atoms with Crippen molar-refractivity contribution in [1.82, 2.24) is 0 Å². The number of amidine groups is 1. The lowest BCUT2D eigenvalue weighted by Crippen LogP contribution is -2.17. The zero-order chi connectivity index (χ0) is 15.4. The van der Waals surface area contributed by atoms with Gasteiger partial charge in [0.2, 0.25) is 0 Å². The van der Waals surface area contributed by atoms with E-state index < -0.39 is 17.6 Å². The van der Waals surface area contributed by atoms with Crippen molar-refractivity contribution >= 4 is 23.4 Å². The van der Waals surface area contributed by atoms with Gasteiger partial charge in [-0.1, -0.05) is 16.8 Å².